The standard InChI is InChI=1S/C21H21ClN4O2S/c1-3-12-26-20(15(2)28-18-10-5-4-6-11-18)24-25-21(26)29-14-19(27)23-17-9-7-8-16(22)13-17/h3-11,13,15H,1,12,14H2,2H3,(H,23,27)/t15-/m0/s1. The van der Waals surface area contributed by atoms with Gasteiger partial charge in [0.15, 0.2) is 17.1 Å². The molecule has 1 amide bonds. The first-order valence-electron chi connectivity index (χ1n) is 9.00. The van der Waals surface area contributed by atoms with E-state index in [1.807, 2.05) is 41.8 Å². The second kappa shape index (κ2) is 10.1. The van der Waals surface area contributed by atoms with Crippen LogP contribution in [-0.4, -0.2) is 26.4 Å². The fourth-order valence-corrected chi connectivity index (χ4v) is 3.60. The number of hydrogen-bond acceptors (Lipinski definition) is 5. The van der Waals surface area contributed by atoms with Crippen molar-refractivity contribution >= 4 is 35.0 Å². The van der Waals surface area contributed by atoms with Crippen LogP contribution in [0.1, 0.15) is 18.9 Å². The number of benzene rings is 2. The van der Waals surface area contributed by atoms with Gasteiger partial charge in [0.2, 0.25) is 5.91 Å². The SMILES string of the molecule is C=CCn1c(SCC(=O)Nc2cccc(Cl)c2)nnc1[C@H](C)Oc1ccccc1. The third-order valence-electron chi connectivity index (χ3n) is 3.92. The minimum atomic E-state index is -0.306. The Kier molecular flexibility index (Phi) is 7.32. The number of carbonyl (C=O) groups excluding carboxylic acids is 1. The topological polar surface area (TPSA) is 69.0 Å². The van der Waals surface area contributed by atoms with Crippen molar-refractivity contribution in [2.24, 2.45) is 0 Å². The summed E-state index contributed by atoms with van der Waals surface area (Å²) in [4.78, 5) is 12.3. The summed E-state index contributed by atoms with van der Waals surface area (Å²) in [7, 11) is 0. The van der Waals surface area contributed by atoms with Gasteiger partial charge in [-0.15, -0.1) is 16.8 Å². The molecule has 0 unspecified atom stereocenters. The quantitative estimate of drug-likeness (QED) is 0.384. The van der Waals surface area contributed by atoms with Crippen LogP contribution in [0.15, 0.2) is 72.4 Å². The monoisotopic (exact) mass is 428 g/mol. The van der Waals surface area contributed by atoms with Crippen LogP contribution in [0.3, 0.4) is 0 Å². The Morgan fingerprint density at radius 2 is 2.07 bits per heavy atom. The fraction of sp³-hybridized carbons (Fsp3) is 0.190. The average Bonchev–Trinajstić information content (AvgIpc) is 3.10. The molecule has 0 fully saturated rings. The molecular formula is C21H21ClN4O2S. The molecule has 2 aromatic carbocycles. The molecule has 1 N–H and O–H groups in total. The van der Waals surface area contributed by atoms with E-state index in [4.69, 9.17) is 16.3 Å². The molecule has 8 heteroatoms. The third kappa shape index (κ3) is 5.85. The second-order valence-electron chi connectivity index (χ2n) is 6.16. The number of allylic oxidation sites excluding steroid dienone is 1. The van der Waals surface area contributed by atoms with E-state index in [-0.39, 0.29) is 17.8 Å². The van der Waals surface area contributed by atoms with E-state index in [1.54, 1.807) is 30.3 Å². The number of anilines is 1. The Balaban J connectivity index is 1.66. The summed E-state index contributed by atoms with van der Waals surface area (Å²) in [5, 5.41) is 12.5. The summed E-state index contributed by atoms with van der Waals surface area (Å²) < 4.78 is 7.86. The van der Waals surface area contributed by atoms with Crippen LogP contribution in [0.2, 0.25) is 5.02 Å². The van der Waals surface area contributed by atoms with E-state index in [9.17, 15) is 4.79 Å². The van der Waals surface area contributed by atoms with Crippen molar-refractivity contribution in [3.8, 4) is 5.75 Å². The molecule has 1 heterocycles. The molecule has 0 saturated carbocycles. The fourth-order valence-electron chi connectivity index (χ4n) is 2.66. The second-order valence-corrected chi connectivity index (χ2v) is 7.54. The number of ether oxygens (including phenoxy) is 1. The molecule has 0 spiro atoms. The summed E-state index contributed by atoms with van der Waals surface area (Å²) in [5.74, 6) is 1.46. The number of halogens is 1. The Bertz CT molecular complexity index is 978. The molecule has 0 bridgehead atoms. The molecular weight excluding hydrogens is 408 g/mol. The molecule has 3 aromatic rings. The lowest BCUT2D eigenvalue weighted by Gasteiger charge is -2.15. The highest BCUT2D eigenvalue weighted by molar-refractivity contribution is 7.99. The third-order valence-corrected chi connectivity index (χ3v) is 5.12. The molecule has 0 radical (unpaired) electrons. The number of hydrogen-bond donors (Lipinski definition) is 1. The molecule has 1 aromatic heterocycles. The highest BCUT2D eigenvalue weighted by Crippen LogP contribution is 2.25. The lowest BCUT2D eigenvalue weighted by molar-refractivity contribution is -0.113. The number of carbonyl (C=O) groups is 1. The maximum Gasteiger partial charge on any atom is 0.234 e. The van der Waals surface area contributed by atoms with E-state index in [0.717, 1.165) is 5.75 Å². The van der Waals surface area contributed by atoms with E-state index < -0.39 is 0 Å². The van der Waals surface area contributed by atoms with Gasteiger partial charge < -0.3 is 10.1 Å². The number of amides is 1. The number of thioether (sulfide) groups is 1. The van der Waals surface area contributed by atoms with Gasteiger partial charge in [0.05, 0.1) is 5.75 Å². The number of para-hydroxylation sites is 1. The Hall–Kier alpha value is -2.77. The molecule has 1 atom stereocenters. The molecule has 0 aliphatic carbocycles. The minimum Gasteiger partial charge on any atom is -0.483 e. The van der Waals surface area contributed by atoms with Crippen LogP contribution in [-0.2, 0) is 11.3 Å². The van der Waals surface area contributed by atoms with Crippen LogP contribution in [0.4, 0.5) is 5.69 Å². The molecule has 0 saturated heterocycles. The summed E-state index contributed by atoms with van der Waals surface area (Å²) >= 11 is 7.25. The van der Waals surface area contributed by atoms with Gasteiger partial charge in [0.1, 0.15) is 5.75 Å². The minimum absolute atomic E-state index is 0.152. The first kappa shape index (κ1) is 21.0. The first-order valence-corrected chi connectivity index (χ1v) is 10.4. The molecule has 29 heavy (non-hydrogen) atoms. The predicted molar refractivity (Wildman–Crippen MR) is 117 cm³/mol. The van der Waals surface area contributed by atoms with E-state index in [0.29, 0.717) is 28.2 Å². The van der Waals surface area contributed by atoms with Crippen molar-refractivity contribution in [2.45, 2.75) is 24.7 Å². The maximum absolute atomic E-state index is 12.3. The van der Waals surface area contributed by atoms with Gasteiger partial charge in [-0.1, -0.05) is 53.7 Å². The van der Waals surface area contributed by atoms with Crippen LogP contribution < -0.4 is 10.1 Å². The number of nitrogens with zero attached hydrogens (tertiary/aromatic N) is 3. The van der Waals surface area contributed by atoms with Crippen LogP contribution in [0, 0.1) is 0 Å². The maximum atomic E-state index is 12.3. The van der Waals surface area contributed by atoms with Crippen molar-refractivity contribution in [3.63, 3.8) is 0 Å². The van der Waals surface area contributed by atoms with Crippen molar-refractivity contribution < 1.29 is 9.53 Å². The normalized spacial score (nSPS) is 11.7. The zero-order valence-electron chi connectivity index (χ0n) is 15.9. The summed E-state index contributed by atoms with van der Waals surface area (Å²) in [6.07, 6.45) is 1.46. The van der Waals surface area contributed by atoms with E-state index in [1.165, 1.54) is 11.8 Å². The summed E-state index contributed by atoms with van der Waals surface area (Å²) in [6, 6.07) is 16.6. The van der Waals surface area contributed by atoms with Gasteiger partial charge in [-0.3, -0.25) is 9.36 Å². The first-order chi connectivity index (χ1) is 14.1. The molecule has 3 rings (SSSR count). The number of aromatic nitrogens is 3. The van der Waals surface area contributed by atoms with Crippen LogP contribution in [0.25, 0.3) is 0 Å². The Morgan fingerprint density at radius 3 is 2.79 bits per heavy atom. The van der Waals surface area contributed by atoms with Crippen molar-refractivity contribution in [3.05, 3.63) is 78.1 Å². The molecule has 0 aliphatic heterocycles. The van der Waals surface area contributed by atoms with Gasteiger partial charge >= 0.3 is 0 Å². The molecule has 0 aliphatic rings. The number of rotatable bonds is 9. The average molecular weight is 429 g/mol. The summed E-state index contributed by atoms with van der Waals surface area (Å²) in [5.41, 5.74) is 0.654. The van der Waals surface area contributed by atoms with E-state index in [2.05, 4.69) is 22.1 Å². The van der Waals surface area contributed by atoms with Crippen molar-refractivity contribution in [1.29, 1.82) is 0 Å². The van der Waals surface area contributed by atoms with Gasteiger partial charge in [-0.05, 0) is 37.3 Å². The van der Waals surface area contributed by atoms with Crippen LogP contribution in [0.5, 0.6) is 5.75 Å². The predicted octanol–water partition coefficient (Wildman–Crippen LogP) is 4.99. The van der Waals surface area contributed by atoms with Gasteiger partial charge in [0.25, 0.3) is 0 Å². The zero-order valence-corrected chi connectivity index (χ0v) is 17.5. The van der Waals surface area contributed by atoms with Gasteiger partial charge in [-0.2, -0.15) is 0 Å². The number of nitrogens with one attached hydrogen (secondary N) is 1. The lowest BCUT2D eigenvalue weighted by Crippen LogP contribution is -2.15. The molecule has 6 nitrogen and oxygen atoms in total. The van der Waals surface area contributed by atoms with Gasteiger partial charge in [-0.25, -0.2) is 0 Å². The summed E-state index contributed by atoms with van der Waals surface area (Å²) in [6.45, 7) is 6.23. The smallest absolute Gasteiger partial charge is 0.234 e. The van der Waals surface area contributed by atoms with Crippen LogP contribution >= 0.6 is 23.4 Å². The zero-order chi connectivity index (χ0) is 20.6. The lowest BCUT2D eigenvalue weighted by atomic mass is 10.3. The van der Waals surface area contributed by atoms with E-state index >= 15 is 0 Å². The van der Waals surface area contributed by atoms with Crippen molar-refractivity contribution in [2.75, 3.05) is 11.1 Å². The Labute approximate surface area is 178 Å². The highest BCUT2D eigenvalue weighted by Gasteiger charge is 2.19. The largest absolute Gasteiger partial charge is 0.483 e. The van der Waals surface area contributed by atoms with Gasteiger partial charge in [0, 0.05) is 17.3 Å². The van der Waals surface area contributed by atoms with Crippen molar-refractivity contribution in [1.82, 2.24) is 14.8 Å². The molecule has 150 valence electrons. The Morgan fingerprint density at radius 1 is 1.28 bits per heavy atom. The highest BCUT2D eigenvalue weighted by atomic mass is 35.5.